The Morgan fingerprint density at radius 3 is 2.71 bits per heavy atom. The summed E-state index contributed by atoms with van der Waals surface area (Å²) in [7, 11) is 0. The monoisotopic (exact) mass is 325 g/mol. The molecule has 1 N–H and O–H groups in total. The van der Waals surface area contributed by atoms with Crippen molar-refractivity contribution in [3.63, 3.8) is 0 Å². The number of rotatable bonds is 6. The van der Waals surface area contributed by atoms with Crippen molar-refractivity contribution in [3.05, 3.63) is 65.1 Å². The highest BCUT2D eigenvalue weighted by molar-refractivity contribution is 5.79. The van der Waals surface area contributed by atoms with E-state index in [0.29, 0.717) is 18.8 Å². The third-order valence-corrected chi connectivity index (χ3v) is 3.91. The highest BCUT2D eigenvalue weighted by Gasteiger charge is 2.13. The summed E-state index contributed by atoms with van der Waals surface area (Å²) >= 11 is 0. The first-order valence-electron chi connectivity index (χ1n) is 7.71. The van der Waals surface area contributed by atoms with E-state index in [0.717, 1.165) is 22.4 Å². The summed E-state index contributed by atoms with van der Waals surface area (Å²) < 4.78 is 6.85. The minimum absolute atomic E-state index is 0.0556. The molecule has 0 saturated heterocycles. The first-order valence-corrected chi connectivity index (χ1v) is 7.71. The zero-order chi connectivity index (χ0) is 16.9. The van der Waals surface area contributed by atoms with E-state index in [4.69, 9.17) is 4.52 Å². The molecular weight excluding hydrogens is 306 g/mol. The lowest BCUT2D eigenvalue weighted by atomic mass is 10.1. The maximum absolute atomic E-state index is 12.2. The smallest absolute Gasteiger partial charge is 0.224 e. The molecule has 3 rings (SSSR count). The van der Waals surface area contributed by atoms with E-state index in [-0.39, 0.29) is 12.3 Å². The van der Waals surface area contributed by atoms with Gasteiger partial charge in [0.15, 0.2) is 0 Å². The van der Waals surface area contributed by atoms with Crippen molar-refractivity contribution in [2.75, 3.05) is 0 Å². The Hall–Kier alpha value is -2.96. The van der Waals surface area contributed by atoms with Crippen molar-refractivity contribution < 1.29 is 9.32 Å². The molecule has 1 amide bonds. The Balaban J connectivity index is 1.63. The Kier molecular flexibility index (Phi) is 4.69. The predicted molar refractivity (Wildman–Crippen MR) is 87.1 cm³/mol. The molecule has 0 aliphatic carbocycles. The maximum atomic E-state index is 12.2. The molecular formula is C17H19N5O2. The number of amides is 1. The van der Waals surface area contributed by atoms with Crippen molar-refractivity contribution in [1.29, 1.82) is 0 Å². The fourth-order valence-electron chi connectivity index (χ4n) is 2.54. The molecule has 24 heavy (non-hydrogen) atoms. The van der Waals surface area contributed by atoms with Crippen LogP contribution in [0.4, 0.5) is 0 Å². The van der Waals surface area contributed by atoms with Crippen LogP contribution in [0.2, 0.25) is 0 Å². The van der Waals surface area contributed by atoms with E-state index in [2.05, 4.69) is 20.6 Å². The predicted octanol–water partition coefficient (Wildman–Crippen LogP) is 1.79. The second-order valence-electron chi connectivity index (χ2n) is 5.62. The molecule has 3 aromatic rings. The average Bonchev–Trinajstić information content (AvgIpc) is 3.19. The summed E-state index contributed by atoms with van der Waals surface area (Å²) in [6, 6.07) is 7.96. The highest BCUT2D eigenvalue weighted by Crippen LogP contribution is 2.13. The van der Waals surface area contributed by atoms with Gasteiger partial charge in [-0.15, -0.1) is 0 Å². The molecule has 0 bridgehead atoms. The van der Waals surface area contributed by atoms with Crippen molar-refractivity contribution in [2.45, 2.75) is 33.4 Å². The molecule has 0 spiro atoms. The van der Waals surface area contributed by atoms with Gasteiger partial charge in [0.1, 0.15) is 18.4 Å². The van der Waals surface area contributed by atoms with E-state index in [1.807, 2.05) is 38.1 Å². The SMILES string of the molecule is Cc1noc(C)c1CC(=O)NCc1ccccc1Cn1cncn1. The van der Waals surface area contributed by atoms with Crippen LogP contribution in [0.1, 0.15) is 28.1 Å². The molecule has 0 unspecified atom stereocenters. The Morgan fingerprint density at radius 2 is 2.04 bits per heavy atom. The number of aryl methyl sites for hydroxylation is 2. The van der Waals surface area contributed by atoms with Crippen LogP contribution in [-0.4, -0.2) is 25.8 Å². The lowest BCUT2D eigenvalue weighted by Crippen LogP contribution is -2.25. The summed E-state index contributed by atoms with van der Waals surface area (Å²) in [5.41, 5.74) is 3.76. The van der Waals surface area contributed by atoms with Gasteiger partial charge in [-0.2, -0.15) is 5.10 Å². The first kappa shape index (κ1) is 15.9. The van der Waals surface area contributed by atoms with Gasteiger partial charge >= 0.3 is 0 Å². The number of nitrogens with zero attached hydrogens (tertiary/aromatic N) is 4. The van der Waals surface area contributed by atoms with Crippen molar-refractivity contribution >= 4 is 5.91 Å². The highest BCUT2D eigenvalue weighted by atomic mass is 16.5. The van der Waals surface area contributed by atoms with Crippen LogP contribution in [0, 0.1) is 13.8 Å². The molecule has 2 heterocycles. The van der Waals surface area contributed by atoms with Gasteiger partial charge in [0.25, 0.3) is 0 Å². The Bertz CT molecular complexity index is 804. The van der Waals surface area contributed by atoms with Crippen LogP contribution in [0.25, 0.3) is 0 Å². The van der Waals surface area contributed by atoms with Crippen molar-refractivity contribution in [3.8, 4) is 0 Å². The van der Waals surface area contributed by atoms with Crippen LogP contribution in [-0.2, 0) is 24.3 Å². The first-order chi connectivity index (χ1) is 11.6. The summed E-state index contributed by atoms with van der Waals surface area (Å²) in [5, 5.41) is 10.9. The minimum Gasteiger partial charge on any atom is -0.361 e. The van der Waals surface area contributed by atoms with Gasteiger partial charge in [0, 0.05) is 12.1 Å². The molecule has 7 nitrogen and oxygen atoms in total. The topological polar surface area (TPSA) is 85.8 Å². The van der Waals surface area contributed by atoms with Gasteiger partial charge in [0.2, 0.25) is 5.91 Å². The molecule has 7 heteroatoms. The molecule has 0 aliphatic heterocycles. The van der Waals surface area contributed by atoms with Gasteiger partial charge in [-0.1, -0.05) is 29.4 Å². The van der Waals surface area contributed by atoms with Gasteiger partial charge in [0.05, 0.1) is 18.7 Å². The van der Waals surface area contributed by atoms with E-state index in [9.17, 15) is 4.79 Å². The second-order valence-corrected chi connectivity index (χ2v) is 5.62. The van der Waals surface area contributed by atoms with Crippen LogP contribution in [0.15, 0.2) is 41.4 Å². The van der Waals surface area contributed by atoms with E-state index < -0.39 is 0 Å². The standard InChI is InChI=1S/C17H19N5O2/c1-12-16(13(2)24-21-12)7-17(23)19-8-14-5-3-4-6-15(14)9-22-11-18-10-20-22/h3-6,10-11H,7-9H2,1-2H3,(H,19,23). The van der Waals surface area contributed by atoms with Gasteiger partial charge in [-0.05, 0) is 25.0 Å². The zero-order valence-corrected chi connectivity index (χ0v) is 13.7. The number of aromatic nitrogens is 4. The average molecular weight is 325 g/mol. The fraction of sp³-hybridized carbons (Fsp3) is 0.294. The number of carbonyl (C=O) groups excluding carboxylic acids is 1. The number of hydrogen-bond acceptors (Lipinski definition) is 5. The van der Waals surface area contributed by atoms with E-state index in [1.165, 1.54) is 6.33 Å². The Morgan fingerprint density at radius 1 is 1.25 bits per heavy atom. The zero-order valence-electron chi connectivity index (χ0n) is 13.7. The summed E-state index contributed by atoms with van der Waals surface area (Å²) in [6.07, 6.45) is 3.45. The van der Waals surface area contributed by atoms with E-state index in [1.54, 1.807) is 11.0 Å². The van der Waals surface area contributed by atoms with E-state index >= 15 is 0 Å². The summed E-state index contributed by atoms with van der Waals surface area (Å²) in [6.45, 7) is 4.74. The minimum atomic E-state index is -0.0556. The fourth-order valence-corrected chi connectivity index (χ4v) is 2.54. The third kappa shape index (κ3) is 3.68. The number of hydrogen-bond donors (Lipinski definition) is 1. The van der Waals surface area contributed by atoms with Crippen molar-refractivity contribution in [1.82, 2.24) is 25.2 Å². The van der Waals surface area contributed by atoms with Crippen LogP contribution >= 0.6 is 0 Å². The second kappa shape index (κ2) is 7.08. The third-order valence-electron chi connectivity index (χ3n) is 3.91. The van der Waals surface area contributed by atoms with Gasteiger partial charge < -0.3 is 9.84 Å². The lowest BCUT2D eigenvalue weighted by Gasteiger charge is -2.10. The van der Waals surface area contributed by atoms with Gasteiger partial charge in [-0.25, -0.2) is 9.67 Å². The van der Waals surface area contributed by atoms with Crippen LogP contribution in [0.5, 0.6) is 0 Å². The molecule has 0 radical (unpaired) electrons. The van der Waals surface area contributed by atoms with Gasteiger partial charge in [-0.3, -0.25) is 4.79 Å². The summed E-state index contributed by atoms with van der Waals surface area (Å²) in [4.78, 5) is 16.2. The molecule has 0 fully saturated rings. The quantitative estimate of drug-likeness (QED) is 0.747. The summed E-state index contributed by atoms with van der Waals surface area (Å²) in [5.74, 6) is 0.634. The normalized spacial score (nSPS) is 10.8. The maximum Gasteiger partial charge on any atom is 0.224 e. The molecule has 0 aliphatic rings. The van der Waals surface area contributed by atoms with Crippen molar-refractivity contribution in [2.24, 2.45) is 0 Å². The molecule has 0 atom stereocenters. The molecule has 0 saturated carbocycles. The number of benzene rings is 1. The number of nitrogens with one attached hydrogen (secondary N) is 1. The lowest BCUT2D eigenvalue weighted by molar-refractivity contribution is -0.120. The van der Waals surface area contributed by atoms with Crippen LogP contribution in [0.3, 0.4) is 0 Å². The molecule has 2 aromatic heterocycles. The molecule has 124 valence electrons. The number of carbonyl (C=O) groups is 1. The largest absolute Gasteiger partial charge is 0.361 e. The molecule has 1 aromatic carbocycles. The Labute approximate surface area is 139 Å². The van der Waals surface area contributed by atoms with Crippen LogP contribution < -0.4 is 5.32 Å².